The van der Waals surface area contributed by atoms with E-state index in [1.54, 1.807) is 0 Å². The van der Waals surface area contributed by atoms with Crippen LogP contribution in [0.5, 0.6) is 0 Å². The standard InChI is InChI=1S/C14H24O2/c1-3-5-6-7-8-9-10-11-12-13-16-14(15)4-2/h4,8-9H,2-3,5-7,10-13H2,1H3. The topological polar surface area (TPSA) is 26.3 Å². The van der Waals surface area contributed by atoms with Crippen molar-refractivity contribution in [2.75, 3.05) is 6.61 Å². The number of carbonyl (C=O) groups excluding carboxylic acids is 1. The summed E-state index contributed by atoms with van der Waals surface area (Å²) < 4.78 is 4.87. The Balaban J connectivity index is 3.14. The van der Waals surface area contributed by atoms with Crippen LogP contribution in [0.15, 0.2) is 24.8 Å². The van der Waals surface area contributed by atoms with E-state index in [0.717, 1.165) is 19.3 Å². The number of rotatable bonds is 10. The van der Waals surface area contributed by atoms with Gasteiger partial charge in [0.05, 0.1) is 6.61 Å². The van der Waals surface area contributed by atoms with Gasteiger partial charge in [-0.25, -0.2) is 4.79 Å². The number of carbonyl (C=O) groups is 1. The smallest absolute Gasteiger partial charge is 0.330 e. The summed E-state index contributed by atoms with van der Waals surface area (Å²) in [5.41, 5.74) is 0. The number of ether oxygens (including phenoxy) is 1. The predicted octanol–water partition coefficient (Wildman–Crippen LogP) is 4.02. The monoisotopic (exact) mass is 224 g/mol. The van der Waals surface area contributed by atoms with Crippen LogP contribution in [0, 0.1) is 0 Å². The third-order valence-corrected chi connectivity index (χ3v) is 2.32. The molecule has 0 amide bonds. The Morgan fingerprint density at radius 3 is 2.31 bits per heavy atom. The first kappa shape index (κ1) is 14.9. The highest BCUT2D eigenvalue weighted by Crippen LogP contribution is 2.02. The SMILES string of the molecule is C=CC(=O)OCCCCC=CCCCCC. The fourth-order valence-corrected chi connectivity index (χ4v) is 1.34. The molecule has 0 atom stereocenters. The van der Waals surface area contributed by atoms with Gasteiger partial charge in [-0.05, 0) is 32.1 Å². The molecule has 2 nitrogen and oxygen atoms in total. The first-order chi connectivity index (χ1) is 7.81. The minimum absolute atomic E-state index is 0.324. The Bertz CT molecular complexity index is 207. The average molecular weight is 224 g/mol. The highest BCUT2D eigenvalue weighted by atomic mass is 16.5. The minimum atomic E-state index is -0.324. The van der Waals surface area contributed by atoms with Crippen molar-refractivity contribution >= 4 is 5.97 Å². The van der Waals surface area contributed by atoms with Crippen molar-refractivity contribution in [1.29, 1.82) is 0 Å². The lowest BCUT2D eigenvalue weighted by atomic mass is 10.2. The molecule has 0 heterocycles. The van der Waals surface area contributed by atoms with E-state index >= 15 is 0 Å². The van der Waals surface area contributed by atoms with Crippen molar-refractivity contribution in [3.63, 3.8) is 0 Å². The fraction of sp³-hybridized carbons (Fsp3) is 0.643. The zero-order valence-electron chi connectivity index (χ0n) is 10.4. The van der Waals surface area contributed by atoms with E-state index in [1.165, 1.54) is 31.8 Å². The molecule has 0 rings (SSSR count). The van der Waals surface area contributed by atoms with Crippen LogP contribution in [0.25, 0.3) is 0 Å². The molecular weight excluding hydrogens is 200 g/mol. The van der Waals surface area contributed by atoms with Crippen LogP contribution in [0.3, 0.4) is 0 Å². The van der Waals surface area contributed by atoms with Gasteiger partial charge >= 0.3 is 5.97 Å². The molecule has 0 aromatic heterocycles. The van der Waals surface area contributed by atoms with E-state index in [1.807, 2.05) is 0 Å². The molecule has 0 saturated carbocycles. The molecule has 2 heteroatoms. The number of allylic oxidation sites excluding steroid dienone is 2. The van der Waals surface area contributed by atoms with Crippen LogP contribution in [0.4, 0.5) is 0 Å². The number of hydrogen-bond donors (Lipinski definition) is 0. The van der Waals surface area contributed by atoms with Gasteiger partial charge in [0.1, 0.15) is 0 Å². The van der Waals surface area contributed by atoms with Gasteiger partial charge in [-0.3, -0.25) is 0 Å². The van der Waals surface area contributed by atoms with Crippen molar-refractivity contribution in [2.24, 2.45) is 0 Å². The van der Waals surface area contributed by atoms with Crippen LogP contribution in [0.1, 0.15) is 51.9 Å². The largest absolute Gasteiger partial charge is 0.463 e. The summed E-state index contributed by atoms with van der Waals surface area (Å²) in [6, 6.07) is 0. The van der Waals surface area contributed by atoms with E-state index < -0.39 is 0 Å². The third kappa shape index (κ3) is 11.0. The first-order valence-corrected chi connectivity index (χ1v) is 6.25. The first-order valence-electron chi connectivity index (χ1n) is 6.25. The van der Waals surface area contributed by atoms with E-state index in [9.17, 15) is 4.79 Å². The molecule has 16 heavy (non-hydrogen) atoms. The molecule has 0 aromatic carbocycles. The van der Waals surface area contributed by atoms with Gasteiger partial charge in [-0.2, -0.15) is 0 Å². The summed E-state index contributed by atoms with van der Waals surface area (Å²) in [7, 11) is 0. The number of esters is 1. The van der Waals surface area contributed by atoms with Gasteiger partial charge in [0.25, 0.3) is 0 Å². The minimum Gasteiger partial charge on any atom is -0.463 e. The van der Waals surface area contributed by atoms with Gasteiger partial charge < -0.3 is 4.74 Å². The molecular formula is C14H24O2. The van der Waals surface area contributed by atoms with Gasteiger partial charge in [0, 0.05) is 6.08 Å². The van der Waals surface area contributed by atoms with Crippen LogP contribution in [-0.2, 0) is 9.53 Å². The maximum absolute atomic E-state index is 10.7. The van der Waals surface area contributed by atoms with E-state index in [-0.39, 0.29) is 5.97 Å². The molecule has 0 aliphatic carbocycles. The summed E-state index contributed by atoms with van der Waals surface area (Å²) in [5, 5.41) is 0. The quantitative estimate of drug-likeness (QED) is 0.242. The zero-order chi connectivity index (χ0) is 12.1. The molecule has 0 saturated heterocycles. The number of hydrogen-bond acceptors (Lipinski definition) is 2. The van der Waals surface area contributed by atoms with Crippen molar-refractivity contribution in [1.82, 2.24) is 0 Å². The molecule has 0 radical (unpaired) electrons. The second kappa shape index (κ2) is 12.0. The molecule has 0 bridgehead atoms. The third-order valence-electron chi connectivity index (χ3n) is 2.32. The van der Waals surface area contributed by atoms with Crippen molar-refractivity contribution in [3.8, 4) is 0 Å². The van der Waals surface area contributed by atoms with E-state index in [2.05, 4.69) is 25.7 Å². The van der Waals surface area contributed by atoms with Crippen LogP contribution in [-0.4, -0.2) is 12.6 Å². The lowest BCUT2D eigenvalue weighted by Crippen LogP contribution is -2.01. The Morgan fingerprint density at radius 1 is 1.12 bits per heavy atom. The molecule has 0 fully saturated rings. The maximum Gasteiger partial charge on any atom is 0.330 e. The van der Waals surface area contributed by atoms with Crippen LogP contribution < -0.4 is 0 Å². The fourth-order valence-electron chi connectivity index (χ4n) is 1.34. The second-order valence-electron chi connectivity index (χ2n) is 3.83. The molecule has 0 aliphatic rings. The van der Waals surface area contributed by atoms with E-state index in [4.69, 9.17) is 4.74 Å². The molecule has 0 aliphatic heterocycles. The predicted molar refractivity (Wildman–Crippen MR) is 68.3 cm³/mol. The summed E-state index contributed by atoms with van der Waals surface area (Å²) in [4.78, 5) is 10.7. The van der Waals surface area contributed by atoms with Gasteiger partial charge in [-0.15, -0.1) is 0 Å². The summed E-state index contributed by atoms with van der Waals surface area (Å²) >= 11 is 0. The lowest BCUT2D eigenvalue weighted by molar-refractivity contribution is -0.137. The van der Waals surface area contributed by atoms with Crippen molar-refractivity contribution in [3.05, 3.63) is 24.8 Å². The molecule has 0 aromatic rings. The Kier molecular flexibility index (Phi) is 11.2. The molecule has 0 spiro atoms. The van der Waals surface area contributed by atoms with Crippen LogP contribution >= 0.6 is 0 Å². The van der Waals surface area contributed by atoms with Crippen LogP contribution in [0.2, 0.25) is 0 Å². The summed E-state index contributed by atoms with van der Waals surface area (Å²) in [6.07, 6.45) is 13.9. The molecule has 0 N–H and O–H groups in total. The van der Waals surface area contributed by atoms with Crippen molar-refractivity contribution in [2.45, 2.75) is 51.9 Å². The second-order valence-corrected chi connectivity index (χ2v) is 3.83. The Hall–Kier alpha value is -1.05. The Morgan fingerprint density at radius 2 is 1.75 bits per heavy atom. The molecule has 92 valence electrons. The Labute approximate surface area is 99.4 Å². The average Bonchev–Trinajstić information content (AvgIpc) is 2.31. The van der Waals surface area contributed by atoms with Gasteiger partial charge in [-0.1, -0.05) is 38.5 Å². The highest BCUT2D eigenvalue weighted by molar-refractivity contribution is 5.81. The normalized spacial score (nSPS) is 10.6. The lowest BCUT2D eigenvalue weighted by Gasteiger charge is -1.99. The van der Waals surface area contributed by atoms with Gasteiger partial charge in [0.15, 0.2) is 0 Å². The summed E-state index contributed by atoms with van der Waals surface area (Å²) in [6.45, 7) is 6.06. The van der Waals surface area contributed by atoms with E-state index in [0.29, 0.717) is 6.61 Å². The van der Waals surface area contributed by atoms with Crippen molar-refractivity contribution < 1.29 is 9.53 Å². The maximum atomic E-state index is 10.7. The zero-order valence-corrected chi connectivity index (χ0v) is 10.4. The summed E-state index contributed by atoms with van der Waals surface area (Å²) in [5.74, 6) is -0.324. The highest BCUT2D eigenvalue weighted by Gasteiger charge is 1.93. The number of unbranched alkanes of at least 4 members (excludes halogenated alkanes) is 5. The molecule has 0 unspecified atom stereocenters. The van der Waals surface area contributed by atoms with Gasteiger partial charge in [0.2, 0.25) is 0 Å².